The van der Waals surface area contributed by atoms with E-state index in [1.54, 1.807) is 12.1 Å². The number of ether oxygens (including phenoxy) is 1. The van der Waals surface area contributed by atoms with Crippen LogP contribution < -0.4 is 0 Å². The number of piperidine rings is 1. The van der Waals surface area contributed by atoms with E-state index in [1.807, 2.05) is 31.7 Å². The topological polar surface area (TPSA) is 29.5 Å². The summed E-state index contributed by atoms with van der Waals surface area (Å²) >= 11 is 0. The zero-order chi connectivity index (χ0) is 16.9. The van der Waals surface area contributed by atoms with Crippen molar-refractivity contribution in [2.75, 3.05) is 19.7 Å². The molecule has 0 spiro atoms. The highest BCUT2D eigenvalue weighted by atomic mass is 19.1. The molecule has 1 fully saturated rings. The fraction of sp³-hybridized carbons (Fsp3) is 0.632. The van der Waals surface area contributed by atoms with Crippen LogP contribution in [-0.4, -0.2) is 30.5 Å². The molecule has 1 aromatic rings. The van der Waals surface area contributed by atoms with Crippen molar-refractivity contribution in [2.45, 2.75) is 46.6 Å². The van der Waals surface area contributed by atoms with Crippen molar-refractivity contribution in [1.29, 1.82) is 0 Å². The highest BCUT2D eigenvalue weighted by Crippen LogP contribution is 2.25. The van der Waals surface area contributed by atoms with Crippen molar-refractivity contribution in [3.8, 4) is 0 Å². The maximum absolute atomic E-state index is 13.5. The van der Waals surface area contributed by atoms with Crippen molar-refractivity contribution < 1.29 is 13.9 Å². The largest absolute Gasteiger partial charge is 0.377 e. The first-order valence-electron chi connectivity index (χ1n) is 8.48. The van der Waals surface area contributed by atoms with Crippen LogP contribution >= 0.6 is 0 Å². The lowest BCUT2D eigenvalue weighted by molar-refractivity contribution is -0.141. The highest BCUT2D eigenvalue weighted by molar-refractivity contribution is 5.81. The van der Waals surface area contributed by atoms with Crippen molar-refractivity contribution >= 4 is 5.91 Å². The van der Waals surface area contributed by atoms with Crippen LogP contribution in [0.25, 0.3) is 0 Å². The number of hydrogen-bond acceptors (Lipinski definition) is 2. The summed E-state index contributed by atoms with van der Waals surface area (Å²) in [6.45, 7) is 8.57. The van der Waals surface area contributed by atoms with Crippen LogP contribution in [-0.2, 0) is 16.1 Å². The molecule has 23 heavy (non-hydrogen) atoms. The first-order valence-corrected chi connectivity index (χ1v) is 8.48. The molecule has 1 aliphatic rings. The third-order valence-electron chi connectivity index (χ3n) is 4.43. The quantitative estimate of drug-likeness (QED) is 0.767. The van der Waals surface area contributed by atoms with E-state index < -0.39 is 0 Å². The Hall–Kier alpha value is -1.42. The molecule has 128 valence electrons. The van der Waals surface area contributed by atoms with Crippen molar-refractivity contribution in [3.63, 3.8) is 0 Å². The third-order valence-corrected chi connectivity index (χ3v) is 4.43. The Bertz CT molecular complexity index is 516. The number of carbonyl (C=O) groups excluding carboxylic acids is 1. The second-order valence-electron chi connectivity index (χ2n) is 7.42. The van der Waals surface area contributed by atoms with Crippen molar-refractivity contribution in [1.82, 2.24) is 4.90 Å². The van der Waals surface area contributed by atoms with Gasteiger partial charge in [0.05, 0.1) is 6.61 Å². The van der Waals surface area contributed by atoms with Gasteiger partial charge in [-0.3, -0.25) is 4.79 Å². The van der Waals surface area contributed by atoms with Crippen molar-refractivity contribution in [3.05, 3.63) is 35.6 Å². The lowest BCUT2D eigenvalue weighted by Gasteiger charge is -2.35. The van der Waals surface area contributed by atoms with E-state index in [4.69, 9.17) is 4.74 Å². The number of carbonyl (C=O) groups is 1. The second-order valence-corrected chi connectivity index (χ2v) is 7.42. The van der Waals surface area contributed by atoms with E-state index in [1.165, 1.54) is 6.07 Å². The SMILES string of the molecule is CC(C)(C)C(=O)N1CCC(CCOCc2ccccc2F)CC1. The second kappa shape index (κ2) is 7.91. The summed E-state index contributed by atoms with van der Waals surface area (Å²) in [5.74, 6) is 0.632. The van der Waals surface area contributed by atoms with E-state index in [0.717, 1.165) is 32.4 Å². The monoisotopic (exact) mass is 321 g/mol. The van der Waals surface area contributed by atoms with Gasteiger partial charge >= 0.3 is 0 Å². The summed E-state index contributed by atoms with van der Waals surface area (Å²) in [5.41, 5.74) is 0.313. The average molecular weight is 321 g/mol. The van der Waals surface area contributed by atoms with Crippen LogP contribution in [0.15, 0.2) is 24.3 Å². The van der Waals surface area contributed by atoms with E-state index in [2.05, 4.69) is 0 Å². The number of benzene rings is 1. The number of amides is 1. The minimum absolute atomic E-state index is 0.207. The van der Waals surface area contributed by atoms with Crippen LogP contribution in [0, 0.1) is 17.2 Å². The Kier molecular flexibility index (Phi) is 6.17. The van der Waals surface area contributed by atoms with Gasteiger partial charge in [0.15, 0.2) is 0 Å². The molecule has 3 nitrogen and oxygen atoms in total. The summed E-state index contributed by atoms with van der Waals surface area (Å²) < 4.78 is 19.1. The van der Waals surface area contributed by atoms with Gasteiger partial charge in [0.1, 0.15) is 5.82 Å². The molecular weight excluding hydrogens is 293 g/mol. The molecule has 0 radical (unpaired) electrons. The molecule has 4 heteroatoms. The predicted molar refractivity (Wildman–Crippen MR) is 89.4 cm³/mol. The molecule has 0 aliphatic carbocycles. The number of hydrogen-bond donors (Lipinski definition) is 0. The summed E-state index contributed by atoms with van der Waals surface area (Å²) in [6, 6.07) is 6.72. The first kappa shape index (κ1) is 17.9. The normalized spacial score (nSPS) is 16.6. The van der Waals surface area contributed by atoms with Gasteiger partial charge in [0.2, 0.25) is 5.91 Å². The molecule has 0 unspecified atom stereocenters. The van der Waals surface area contributed by atoms with Crippen LogP contribution in [0.3, 0.4) is 0 Å². The summed E-state index contributed by atoms with van der Waals surface area (Å²) in [7, 11) is 0. The van der Waals surface area contributed by atoms with E-state index in [-0.39, 0.29) is 17.1 Å². The van der Waals surface area contributed by atoms with Gasteiger partial charge in [-0.1, -0.05) is 39.0 Å². The minimum atomic E-state index is -0.296. The molecule has 2 rings (SSSR count). The lowest BCUT2D eigenvalue weighted by Crippen LogP contribution is -2.44. The Morgan fingerprint density at radius 1 is 1.26 bits per heavy atom. The Labute approximate surface area is 138 Å². The average Bonchev–Trinajstić information content (AvgIpc) is 2.52. The van der Waals surface area contributed by atoms with Gasteiger partial charge in [0, 0.05) is 30.7 Å². The fourth-order valence-electron chi connectivity index (χ4n) is 2.95. The van der Waals surface area contributed by atoms with E-state index in [0.29, 0.717) is 24.7 Å². The maximum atomic E-state index is 13.5. The molecule has 0 N–H and O–H groups in total. The van der Waals surface area contributed by atoms with Gasteiger partial charge in [-0.25, -0.2) is 4.39 Å². The maximum Gasteiger partial charge on any atom is 0.227 e. The molecule has 0 saturated carbocycles. The molecule has 0 bridgehead atoms. The third kappa shape index (κ3) is 5.31. The molecule has 1 heterocycles. The number of nitrogens with zero attached hydrogens (tertiary/aromatic N) is 1. The van der Waals surface area contributed by atoms with E-state index >= 15 is 0 Å². The van der Waals surface area contributed by atoms with Gasteiger partial charge in [-0.2, -0.15) is 0 Å². The zero-order valence-corrected chi connectivity index (χ0v) is 14.5. The van der Waals surface area contributed by atoms with Crippen LogP contribution in [0.4, 0.5) is 4.39 Å². The smallest absolute Gasteiger partial charge is 0.227 e. The molecule has 0 atom stereocenters. The van der Waals surface area contributed by atoms with Crippen LogP contribution in [0.2, 0.25) is 0 Å². The predicted octanol–water partition coefficient (Wildman–Crippen LogP) is 4.02. The number of halogens is 1. The Balaban J connectivity index is 1.65. The number of likely N-dealkylation sites (tertiary alicyclic amines) is 1. The molecule has 1 amide bonds. The van der Waals surface area contributed by atoms with Crippen LogP contribution in [0.5, 0.6) is 0 Å². The van der Waals surface area contributed by atoms with Crippen molar-refractivity contribution in [2.24, 2.45) is 11.3 Å². The molecule has 0 aromatic heterocycles. The summed E-state index contributed by atoms with van der Waals surface area (Å²) in [4.78, 5) is 14.2. The lowest BCUT2D eigenvalue weighted by atomic mass is 9.90. The molecule has 1 aliphatic heterocycles. The van der Waals surface area contributed by atoms with Gasteiger partial charge in [-0.15, -0.1) is 0 Å². The first-order chi connectivity index (χ1) is 10.9. The zero-order valence-electron chi connectivity index (χ0n) is 14.5. The summed E-state index contributed by atoms with van der Waals surface area (Å²) in [6.07, 6.45) is 3.04. The fourth-order valence-corrected chi connectivity index (χ4v) is 2.95. The van der Waals surface area contributed by atoms with E-state index in [9.17, 15) is 9.18 Å². The molecular formula is C19H28FNO2. The minimum Gasteiger partial charge on any atom is -0.377 e. The summed E-state index contributed by atoms with van der Waals surface area (Å²) in [5, 5.41) is 0. The van der Waals surface area contributed by atoms with Gasteiger partial charge < -0.3 is 9.64 Å². The Morgan fingerprint density at radius 3 is 2.52 bits per heavy atom. The molecule has 1 aromatic carbocycles. The highest BCUT2D eigenvalue weighted by Gasteiger charge is 2.30. The van der Waals surface area contributed by atoms with Gasteiger partial charge in [0.25, 0.3) is 0 Å². The Morgan fingerprint density at radius 2 is 1.91 bits per heavy atom. The molecule has 1 saturated heterocycles. The van der Waals surface area contributed by atoms with Gasteiger partial charge in [-0.05, 0) is 31.2 Å². The number of rotatable bonds is 5. The van der Waals surface area contributed by atoms with Crippen LogP contribution in [0.1, 0.15) is 45.6 Å². The standard InChI is InChI=1S/C19H28FNO2/c1-19(2,3)18(22)21-11-8-15(9-12-21)10-13-23-14-16-6-4-5-7-17(16)20/h4-7,15H,8-14H2,1-3H3.